The number of ether oxygens (including phenoxy) is 1. The van der Waals surface area contributed by atoms with Crippen molar-refractivity contribution in [3.63, 3.8) is 0 Å². The number of carbonyl (C=O) groups excluding carboxylic acids is 2. The maximum Gasteiger partial charge on any atom is 0.236 e. The van der Waals surface area contributed by atoms with Gasteiger partial charge in [0.25, 0.3) is 0 Å². The third-order valence-electron chi connectivity index (χ3n) is 4.88. The van der Waals surface area contributed by atoms with Crippen LogP contribution in [0.3, 0.4) is 0 Å². The molecule has 0 unspecified atom stereocenters. The zero-order valence-corrected chi connectivity index (χ0v) is 16.8. The average molecular weight is 380 g/mol. The highest BCUT2D eigenvalue weighted by Crippen LogP contribution is 2.38. The zero-order valence-electron chi connectivity index (χ0n) is 16.8. The summed E-state index contributed by atoms with van der Waals surface area (Å²) in [5.74, 6) is 0.653. The van der Waals surface area contributed by atoms with Gasteiger partial charge in [0.2, 0.25) is 11.8 Å². The fraction of sp³-hybridized carbons (Fsp3) is 0.391. The van der Waals surface area contributed by atoms with Gasteiger partial charge in [0.15, 0.2) is 0 Å². The van der Waals surface area contributed by atoms with Gasteiger partial charge in [-0.25, -0.2) is 0 Å². The van der Waals surface area contributed by atoms with Crippen LogP contribution in [-0.4, -0.2) is 25.0 Å². The van der Waals surface area contributed by atoms with Gasteiger partial charge in [-0.1, -0.05) is 37.3 Å². The van der Waals surface area contributed by atoms with E-state index >= 15 is 0 Å². The quantitative estimate of drug-likeness (QED) is 0.807. The summed E-state index contributed by atoms with van der Waals surface area (Å²) in [5, 5.41) is 2.94. The summed E-state index contributed by atoms with van der Waals surface area (Å²) < 4.78 is 5.95. The van der Waals surface area contributed by atoms with Crippen molar-refractivity contribution in [1.29, 1.82) is 0 Å². The Bertz CT molecular complexity index is 846. The van der Waals surface area contributed by atoms with Crippen LogP contribution in [0.4, 0.5) is 11.4 Å². The van der Waals surface area contributed by atoms with Crippen molar-refractivity contribution in [2.45, 2.75) is 40.0 Å². The van der Waals surface area contributed by atoms with E-state index in [-0.39, 0.29) is 11.8 Å². The third-order valence-corrected chi connectivity index (χ3v) is 4.88. The van der Waals surface area contributed by atoms with E-state index in [9.17, 15) is 9.59 Å². The van der Waals surface area contributed by atoms with Crippen LogP contribution < -0.4 is 15.0 Å². The Morgan fingerprint density at radius 2 is 1.93 bits per heavy atom. The van der Waals surface area contributed by atoms with E-state index in [0.29, 0.717) is 37.4 Å². The molecule has 28 heavy (non-hydrogen) atoms. The molecule has 0 saturated heterocycles. The first kappa shape index (κ1) is 19.9. The molecule has 0 bridgehead atoms. The molecule has 1 heterocycles. The predicted octanol–water partition coefficient (Wildman–Crippen LogP) is 4.42. The van der Waals surface area contributed by atoms with Gasteiger partial charge in [-0.15, -0.1) is 0 Å². The van der Waals surface area contributed by atoms with Gasteiger partial charge >= 0.3 is 0 Å². The number of amides is 2. The maximum absolute atomic E-state index is 12.9. The Balaban J connectivity index is 1.73. The monoisotopic (exact) mass is 380 g/mol. The van der Waals surface area contributed by atoms with Crippen molar-refractivity contribution in [3.05, 3.63) is 54.1 Å². The summed E-state index contributed by atoms with van der Waals surface area (Å²) >= 11 is 0. The van der Waals surface area contributed by atoms with Crippen molar-refractivity contribution in [2.75, 3.05) is 23.4 Å². The Hall–Kier alpha value is -2.82. The first-order valence-corrected chi connectivity index (χ1v) is 9.83. The lowest BCUT2D eigenvalue weighted by atomic mass is 9.93. The molecule has 1 N–H and O–H groups in total. The van der Waals surface area contributed by atoms with Crippen LogP contribution in [0.25, 0.3) is 0 Å². The molecule has 5 nitrogen and oxygen atoms in total. The van der Waals surface area contributed by atoms with Crippen LogP contribution >= 0.6 is 0 Å². The standard InChI is InChI=1S/C23H28N2O3/c1-4-14-25-19-12-11-18(15-20(19)28-16-23(2,3)22(25)27)24-21(26)13-10-17-8-6-5-7-9-17/h5-9,11-12,15H,4,10,13-14,16H2,1-3H3,(H,24,26). The van der Waals surface area contributed by atoms with E-state index in [1.807, 2.05) is 69.3 Å². The van der Waals surface area contributed by atoms with Crippen LogP contribution in [0.15, 0.2) is 48.5 Å². The van der Waals surface area contributed by atoms with E-state index in [2.05, 4.69) is 5.32 Å². The predicted molar refractivity (Wildman–Crippen MR) is 112 cm³/mol. The van der Waals surface area contributed by atoms with E-state index in [4.69, 9.17) is 4.74 Å². The molecule has 2 aromatic rings. The number of fused-ring (bicyclic) bond motifs is 1. The van der Waals surface area contributed by atoms with Crippen LogP contribution in [0.1, 0.15) is 39.2 Å². The second kappa shape index (κ2) is 8.46. The van der Waals surface area contributed by atoms with Gasteiger partial charge in [-0.2, -0.15) is 0 Å². The molecule has 0 spiro atoms. The molecule has 148 valence electrons. The first-order valence-electron chi connectivity index (χ1n) is 9.83. The van der Waals surface area contributed by atoms with E-state index in [1.165, 1.54) is 0 Å². The molecule has 5 heteroatoms. The number of hydrogen-bond donors (Lipinski definition) is 1. The Morgan fingerprint density at radius 3 is 2.64 bits per heavy atom. The number of aryl methyl sites for hydroxylation is 1. The van der Waals surface area contributed by atoms with Gasteiger partial charge in [0, 0.05) is 24.7 Å². The maximum atomic E-state index is 12.9. The molecule has 0 fully saturated rings. The second-order valence-electron chi connectivity index (χ2n) is 7.85. The van der Waals surface area contributed by atoms with Crippen molar-refractivity contribution in [3.8, 4) is 5.75 Å². The van der Waals surface area contributed by atoms with E-state index in [0.717, 1.165) is 17.7 Å². The molecule has 3 rings (SSSR count). The van der Waals surface area contributed by atoms with Gasteiger partial charge in [-0.05, 0) is 44.4 Å². The number of rotatable bonds is 6. The topological polar surface area (TPSA) is 58.6 Å². The molecule has 0 radical (unpaired) electrons. The third kappa shape index (κ3) is 4.53. The lowest BCUT2D eigenvalue weighted by Crippen LogP contribution is -2.42. The number of nitrogens with one attached hydrogen (secondary N) is 1. The fourth-order valence-electron chi connectivity index (χ4n) is 3.30. The van der Waals surface area contributed by atoms with Crippen molar-refractivity contribution in [1.82, 2.24) is 0 Å². The normalized spacial score (nSPS) is 15.4. The summed E-state index contributed by atoms with van der Waals surface area (Å²) in [7, 11) is 0. The molecule has 2 aromatic carbocycles. The van der Waals surface area contributed by atoms with Gasteiger partial charge in [0.1, 0.15) is 12.4 Å². The fourth-order valence-corrected chi connectivity index (χ4v) is 3.30. The highest BCUT2D eigenvalue weighted by atomic mass is 16.5. The van der Waals surface area contributed by atoms with Crippen LogP contribution in [0.5, 0.6) is 5.75 Å². The van der Waals surface area contributed by atoms with Crippen molar-refractivity contribution >= 4 is 23.2 Å². The lowest BCUT2D eigenvalue weighted by Gasteiger charge is -2.27. The molecular weight excluding hydrogens is 352 g/mol. The first-order chi connectivity index (χ1) is 13.4. The van der Waals surface area contributed by atoms with Crippen molar-refractivity contribution < 1.29 is 14.3 Å². The average Bonchev–Trinajstić information content (AvgIpc) is 2.78. The molecule has 0 aromatic heterocycles. The summed E-state index contributed by atoms with van der Waals surface area (Å²) in [6.45, 7) is 6.80. The lowest BCUT2D eigenvalue weighted by molar-refractivity contribution is -0.127. The minimum atomic E-state index is -0.590. The molecular formula is C23H28N2O3. The van der Waals surface area contributed by atoms with Gasteiger partial charge < -0.3 is 15.0 Å². The summed E-state index contributed by atoms with van der Waals surface area (Å²) in [6, 6.07) is 15.5. The summed E-state index contributed by atoms with van der Waals surface area (Å²) in [4.78, 5) is 27.0. The number of carbonyl (C=O) groups is 2. The molecule has 2 amide bonds. The van der Waals surface area contributed by atoms with Crippen LogP contribution in [0.2, 0.25) is 0 Å². The summed E-state index contributed by atoms with van der Waals surface area (Å²) in [5.41, 5.74) is 1.99. The molecule has 0 saturated carbocycles. The minimum absolute atomic E-state index is 0.0424. The number of benzene rings is 2. The largest absolute Gasteiger partial charge is 0.490 e. The smallest absolute Gasteiger partial charge is 0.236 e. The second-order valence-corrected chi connectivity index (χ2v) is 7.85. The Morgan fingerprint density at radius 1 is 1.18 bits per heavy atom. The SMILES string of the molecule is CCCN1C(=O)C(C)(C)COc2cc(NC(=O)CCc3ccccc3)ccc21. The number of hydrogen-bond acceptors (Lipinski definition) is 3. The van der Waals surface area contributed by atoms with Gasteiger partial charge in [0.05, 0.1) is 11.1 Å². The Kier molecular flexibility index (Phi) is 6.02. The molecule has 1 aliphatic heterocycles. The highest BCUT2D eigenvalue weighted by molar-refractivity contribution is 6.00. The van der Waals surface area contributed by atoms with Crippen LogP contribution in [0, 0.1) is 5.41 Å². The van der Waals surface area contributed by atoms with Crippen molar-refractivity contribution in [2.24, 2.45) is 5.41 Å². The Labute approximate surface area is 166 Å². The number of nitrogens with zero attached hydrogens (tertiary/aromatic N) is 1. The summed E-state index contributed by atoms with van der Waals surface area (Å²) in [6.07, 6.45) is 1.97. The molecule has 0 atom stereocenters. The molecule has 1 aliphatic rings. The zero-order chi connectivity index (χ0) is 20.1. The van der Waals surface area contributed by atoms with E-state index in [1.54, 1.807) is 4.90 Å². The number of anilines is 2. The van der Waals surface area contributed by atoms with E-state index < -0.39 is 5.41 Å². The van der Waals surface area contributed by atoms with Crippen LogP contribution in [-0.2, 0) is 16.0 Å². The minimum Gasteiger partial charge on any atom is -0.490 e. The molecule has 0 aliphatic carbocycles. The van der Waals surface area contributed by atoms with Gasteiger partial charge in [-0.3, -0.25) is 9.59 Å². The highest BCUT2D eigenvalue weighted by Gasteiger charge is 2.37.